The fraction of sp³-hybridized carbons (Fsp3) is 0.200. The Labute approximate surface area is 218 Å². The maximum absolute atomic E-state index is 11.9. The van der Waals surface area contributed by atoms with Gasteiger partial charge in [0.25, 0.3) is 0 Å². The monoisotopic (exact) mass is 535 g/mol. The summed E-state index contributed by atoms with van der Waals surface area (Å²) in [6.07, 6.45) is 2.69. The van der Waals surface area contributed by atoms with Crippen molar-refractivity contribution in [3.63, 3.8) is 0 Å². The predicted octanol–water partition coefficient (Wildman–Crippen LogP) is 3.19. The van der Waals surface area contributed by atoms with Crippen LogP contribution in [0.5, 0.6) is 17.4 Å². The number of nitrogen functional groups attached to an aromatic ring is 1. The molecule has 0 aliphatic rings. The highest BCUT2D eigenvalue weighted by Crippen LogP contribution is 2.33. The summed E-state index contributed by atoms with van der Waals surface area (Å²) in [6, 6.07) is 15.4. The van der Waals surface area contributed by atoms with Crippen LogP contribution < -0.4 is 15.2 Å². The highest BCUT2D eigenvalue weighted by atomic mass is 32.2. The minimum absolute atomic E-state index is 0.0900. The number of imidazole rings is 1. The van der Waals surface area contributed by atoms with Crippen LogP contribution in [0.4, 0.5) is 5.82 Å². The zero-order chi connectivity index (χ0) is 26.9. The Bertz CT molecular complexity index is 1700. The van der Waals surface area contributed by atoms with Crippen molar-refractivity contribution in [1.29, 1.82) is 0 Å². The van der Waals surface area contributed by atoms with Crippen molar-refractivity contribution in [2.75, 3.05) is 39.2 Å². The summed E-state index contributed by atoms with van der Waals surface area (Å²) in [5.74, 6) is 1.78. The minimum Gasteiger partial charge on any atom is -0.492 e. The first-order valence-corrected chi connectivity index (χ1v) is 13.4. The predicted molar refractivity (Wildman–Crippen MR) is 140 cm³/mol. The molecule has 2 N–H and O–H groups in total. The zero-order valence-electron chi connectivity index (χ0n) is 20.9. The third kappa shape index (κ3) is 5.28. The summed E-state index contributed by atoms with van der Waals surface area (Å²) >= 11 is 0. The second-order valence-corrected chi connectivity index (χ2v) is 10.8. The van der Waals surface area contributed by atoms with Gasteiger partial charge < -0.3 is 20.1 Å². The summed E-state index contributed by atoms with van der Waals surface area (Å²) in [7, 11) is 0.572. The number of fused-ring (bicyclic) bond motifs is 1. The number of nitrogens with two attached hydrogens (primary N) is 1. The molecule has 5 rings (SSSR count). The van der Waals surface area contributed by atoms with Crippen molar-refractivity contribution < 1.29 is 22.5 Å². The first-order chi connectivity index (χ1) is 18.2. The molecule has 0 amide bonds. The molecular formula is C25H25N7O5S. The molecule has 0 fully saturated rings. The standard InChI is InChI=1S/C25H25N7O5S/c1-31(2)11-12-35-17-9-7-16(8-10-17)32-21-14-22(36-18-5-4-6-19(13-18)38(3,33)34)27-15-20(21)28-25(32)23-24(26)30-37-29-23/h4-10,13-15H,11-12H2,1-3H3,(H2,26,30). The number of pyridine rings is 1. The van der Waals surface area contributed by atoms with Gasteiger partial charge >= 0.3 is 0 Å². The van der Waals surface area contributed by atoms with E-state index in [1.807, 2.05) is 47.8 Å². The van der Waals surface area contributed by atoms with Crippen molar-refractivity contribution in [2.45, 2.75) is 4.90 Å². The highest BCUT2D eigenvalue weighted by Gasteiger charge is 2.21. The Kier molecular flexibility index (Phi) is 6.70. The van der Waals surface area contributed by atoms with Gasteiger partial charge in [-0.25, -0.2) is 23.0 Å². The quantitative estimate of drug-likeness (QED) is 0.296. The summed E-state index contributed by atoms with van der Waals surface area (Å²) in [5.41, 5.74) is 8.21. The fourth-order valence-corrected chi connectivity index (χ4v) is 4.37. The van der Waals surface area contributed by atoms with E-state index < -0.39 is 9.84 Å². The maximum atomic E-state index is 11.9. The summed E-state index contributed by atoms with van der Waals surface area (Å²) in [5, 5.41) is 7.62. The van der Waals surface area contributed by atoms with E-state index in [1.54, 1.807) is 24.4 Å². The van der Waals surface area contributed by atoms with Crippen LogP contribution in [-0.4, -0.2) is 71.7 Å². The molecular weight excluding hydrogens is 510 g/mol. The van der Waals surface area contributed by atoms with E-state index in [-0.39, 0.29) is 22.3 Å². The highest BCUT2D eigenvalue weighted by molar-refractivity contribution is 7.90. The lowest BCUT2D eigenvalue weighted by Gasteiger charge is -2.12. The first-order valence-electron chi connectivity index (χ1n) is 11.5. The van der Waals surface area contributed by atoms with Crippen molar-refractivity contribution in [3.8, 4) is 34.6 Å². The fourth-order valence-electron chi connectivity index (χ4n) is 3.72. The van der Waals surface area contributed by atoms with E-state index >= 15 is 0 Å². The number of ether oxygens (including phenoxy) is 2. The molecule has 0 aliphatic carbocycles. The lowest BCUT2D eigenvalue weighted by Crippen LogP contribution is -2.19. The van der Waals surface area contributed by atoms with Crippen LogP contribution in [0.3, 0.4) is 0 Å². The van der Waals surface area contributed by atoms with Crippen molar-refractivity contribution in [3.05, 3.63) is 60.8 Å². The molecule has 0 spiro atoms. The third-order valence-electron chi connectivity index (χ3n) is 5.60. The molecule has 3 aromatic heterocycles. The minimum atomic E-state index is -3.40. The van der Waals surface area contributed by atoms with Crippen molar-refractivity contribution in [1.82, 2.24) is 29.7 Å². The number of sulfone groups is 1. The SMILES string of the molecule is CN(C)CCOc1ccc(-n2c(-c3nonc3N)nc3cnc(Oc4cccc(S(C)(=O)=O)c4)cc32)cc1. The second-order valence-electron chi connectivity index (χ2n) is 8.77. The van der Waals surface area contributed by atoms with Crippen LogP contribution in [0.15, 0.2) is 70.3 Å². The molecule has 0 atom stereocenters. The summed E-state index contributed by atoms with van der Waals surface area (Å²) < 4.78 is 42.3. The molecule has 12 nitrogen and oxygen atoms in total. The molecule has 0 saturated heterocycles. The number of aromatic nitrogens is 5. The van der Waals surface area contributed by atoms with Crippen molar-refractivity contribution in [2.24, 2.45) is 0 Å². The van der Waals surface area contributed by atoms with Gasteiger partial charge in [-0.2, -0.15) is 0 Å². The van der Waals surface area contributed by atoms with Crippen LogP contribution in [-0.2, 0) is 9.84 Å². The number of rotatable bonds is 9. The zero-order valence-corrected chi connectivity index (χ0v) is 21.7. The third-order valence-corrected chi connectivity index (χ3v) is 6.71. The molecule has 0 radical (unpaired) electrons. The van der Waals surface area contributed by atoms with Gasteiger partial charge in [-0.15, -0.1) is 0 Å². The molecule has 0 saturated carbocycles. The van der Waals surface area contributed by atoms with Crippen molar-refractivity contribution >= 4 is 26.7 Å². The number of benzene rings is 2. The van der Waals surface area contributed by atoms with Crippen LogP contribution in [0.25, 0.3) is 28.2 Å². The van der Waals surface area contributed by atoms with Gasteiger partial charge in [-0.1, -0.05) is 6.07 Å². The Balaban J connectivity index is 1.55. The average molecular weight is 536 g/mol. The molecule has 2 aromatic carbocycles. The largest absolute Gasteiger partial charge is 0.492 e. The Morgan fingerprint density at radius 2 is 1.84 bits per heavy atom. The van der Waals surface area contributed by atoms with E-state index in [9.17, 15) is 8.42 Å². The molecule has 0 unspecified atom stereocenters. The van der Waals surface area contributed by atoms with Crippen LogP contribution in [0.2, 0.25) is 0 Å². The lowest BCUT2D eigenvalue weighted by molar-refractivity contribution is 0.261. The number of anilines is 1. The first kappa shape index (κ1) is 25.2. The maximum Gasteiger partial charge on any atom is 0.221 e. The van der Waals surface area contributed by atoms with Gasteiger partial charge in [0.15, 0.2) is 27.2 Å². The van der Waals surface area contributed by atoms with Gasteiger partial charge in [0, 0.05) is 24.6 Å². The van der Waals surface area contributed by atoms with Gasteiger partial charge in [0.05, 0.1) is 16.6 Å². The molecule has 0 bridgehead atoms. The average Bonchev–Trinajstić information content (AvgIpc) is 3.46. The number of likely N-dealkylation sites (N-methyl/N-ethyl adjacent to an activating group) is 1. The number of nitrogens with zero attached hydrogens (tertiary/aromatic N) is 6. The second kappa shape index (κ2) is 10.1. The molecule has 0 aliphatic heterocycles. The normalized spacial score (nSPS) is 11.8. The number of hydrogen-bond acceptors (Lipinski definition) is 11. The van der Waals surface area contributed by atoms with Crippen LogP contribution >= 0.6 is 0 Å². The Hall–Kier alpha value is -4.49. The molecule has 196 valence electrons. The van der Waals surface area contributed by atoms with E-state index in [1.165, 1.54) is 12.1 Å². The Morgan fingerprint density at radius 3 is 2.53 bits per heavy atom. The molecule has 38 heavy (non-hydrogen) atoms. The lowest BCUT2D eigenvalue weighted by atomic mass is 10.2. The van der Waals surface area contributed by atoms with Gasteiger partial charge in [-0.05, 0) is 66.9 Å². The Morgan fingerprint density at radius 1 is 1.05 bits per heavy atom. The molecule has 3 heterocycles. The van der Waals surface area contributed by atoms with Gasteiger partial charge in [0.2, 0.25) is 5.88 Å². The van der Waals surface area contributed by atoms with E-state index in [2.05, 4.69) is 20.3 Å². The topological polar surface area (TPSA) is 151 Å². The number of hydrogen-bond donors (Lipinski definition) is 1. The van der Waals surface area contributed by atoms with Gasteiger partial charge in [-0.3, -0.25) is 4.57 Å². The van der Waals surface area contributed by atoms with E-state index in [0.29, 0.717) is 29.2 Å². The molecule has 5 aromatic rings. The van der Waals surface area contributed by atoms with E-state index in [4.69, 9.17) is 19.8 Å². The van der Waals surface area contributed by atoms with Gasteiger partial charge in [0.1, 0.15) is 23.6 Å². The summed E-state index contributed by atoms with van der Waals surface area (Å²) in [4.78, 5) is 11.2. The summed E-state index contributed by atoms with van der Waals surface area (Å²) in [6.45, 7) is 1.35. The smallest absolute Gasteiger partial charge is 0.221 e. The van der Waals surface area contributed by atoms with Crippen LogP contribution in [0.1, 0.15) is 0 Å². The molecule has 13 heteroatoms. The van der Waals surface area contributed by atoms with Crippen LogP contribution in [0, 0.1) is 0 Å². The van der Waals surface area contributed by atoms with E-state index in [0.717, 1.165) is 24.2 Å².